The van der Waals surface area contributed by atoms with Crippen molar-refractivity contribution in [3.05, 3.63) is 66.4 Å². The Labute approximate surface area is 115 Å². The zero-order valence-electron chi connectivity index (χ0n) is 11.3. The smallest absolute Gasteiger partial charge is 0.0357 e. The fourth-order valence-corrected chi connectivity index (χ4v) is 3.01. The topological polar surface area (TPSA) is 3.24 Å². The fourth-order valence-electron chi connectivity index (χ4n) is 3.01. The molecule has 1 aromatic rings. The summed E-state index contributed by atoms with van der Waals surface area (Å²) in [7, 11) is 0. The minimum atomic E-state index is 0.788. The summed E-state index contributed by atoms with van der Waals surface area (Å²) in [6.45, 7) is 2.25. The van der Waals surface area contributed by atoms with Crippen molar-refractivity contribution >= 4 is 5.57 Å². The van der Waals surface area contributed by atoms with Crippen molar-refractivity contribution in [2.75, 3.05) is 13.1 Å². The molecule has 0 amide bonds. The van der Waals surface area contributed by atoms with Gasteiger partial charge < -0.3 is 4.90 Å². The SMILES string of the molecule is C1=CCN(CC2CCC=C(c3ccccc3)C2)C=C1. The van der Waals surface area contributed by atoms with Gasteiger partial charge in [-0.25, -0.2) is 0 Å². The first kappa shape index (κ1) is 12.3. The number of benzene rings is 1. The third-order valence-electron chi connectivity index (χ3n) is 4.00. The van der Waals surface area contributed by atoms with E-state index in [1.165, 1.54) is 36.9 Å². The maximum Gasteiger partial charge on any atom is 0.0357 e. The van der Waals surface area contributed by atoms with Crippen LogP contribution < -0.4 is 0 Å². The van der Waals surface area contributed by atoms with Crippen LogP contribution in [0.4, 0.5) is 0 Å². The summed E-state index contributed by atoms with van der Waals surface area (Å²) in [6, 6.07) is 10.8. The van der Waals surface area contributed by atoms with E-state index < -0.39 is 0 Å². The third kappa shape index (κ3) is 3.17. The Hall–Kier alpha value is -1.76. The van der Waals surface area contributed by atoms with Crippen LogP contribution >= 0.6 is 0 Å². The minimum absolute atomic E-state index is 0.788. The lowest BCUT2D eigenvalue weighted by Crippen LogP contribution is -2.27. The van der Waals surface area contributed by atoms with Gasteiger partial charge in [0.15, 0.2) is 0 Å². The first-order valence-corrected chi connectivity index (χ1v) is 7.23. The monoisotopic (exact) mass is 251 g/mol. The largest absolute Gasteiger partial charge is 0.373 e. The molecule has 2 aliphatic rings. The van der Waals surface area contributed by atoms with Crippen molar-refractivity contribution in [1.29, 1.82) is 0 Å². The highest BCUT2D eigenvalue weighted by Crippen LogP contribution is 2.31. The maximum atomic E-state index is 2.43. The molecule has 1 nitrogen and oxygen atoms in total. The molecule has 1 unspecified atom stereocenters. The zero-order valence-corrected chi connectivity index (χ0v) is 11.3. The van der Waals surface area contributed by atoms with Crippen molar-refractivity contribution in [3.63, 3.8) is 0 Å². The highest BCUT2D eigenvalue weighted by atomic mass is 15.1. The summed E-state index contributed by atoms with van der Waals surface area (Å²) in [5.41, 5.74) is 2.94. The molecule has 0 spiro atoms. The molecule has 0 saturated carbocycles. The second-order valence-electron chi connectivity index (χ2n) is 5.47. The van der Waals surface area contributed by atoms with Crippen molar-refractivity contribution in [1.82, 2.24) is 4.90 Å². The molecule has 0 fully saturated rings. The lowest BCUT2D eigenvalue weighted by Gasteiger charge is -2.29. The molecule has 1 heteroatoms. The van der Waals surface area contributed by atoms with Crippen molar-refractivity contribution in [3.8, 4) is 0 Å². The van der Waals surface area contributed by atoms with Crippen LogP contribution in [-0.2, 0) is 0 Å². The number of allylic oxidation sites excluding steroid dienone is 4. The average molecular weight is 251 g/mol. The lowest BCUT2D eigenvalue weighted by atomic mass is 9.85. The van der Waals surface area contributed by atoms with E-state index in [-0.39, 0.29) is 0 Å². The quantitative estimate of drug-likeness (QED) is 0.776. The van der Waals surface area contributed by atoms with E-state index in [1.54, 1.807) is 0 Å². The van der Waals surface area contributed by atoms with Crippen molar-refractivity contribution < 1.29 is 0 Å². The molecular weight excluding hydrogens is 230 g/mol. The van der Waals surface area contributed by atoms with Gasteiger partial charge in [-0.1, -0.05) is 48.6 Å². The van der Waals surface area contributed by atoms with Crippen LogP contribution in [0.5, 0.6) is 0 Å². The summed E-state index contributed by atoms with van der Waals surface area (Å²) in [5, 5.41) is 0. The number of hydrogen-bond donors (Lipinski definition) is 0. The normalized spacial score (nSPS) is 22.4. The van der Waals surface area contributed by atoms with E-state index in [0.717, 1.165) is 12.5 Å². The van der Waals surface area contributed by atoms with Crippen LogP contribution in [-0.4, -0.2) is 18.0 Å². The molecule has 98 valence electrons. The van der Waals surface area contributed by atoms with Gasteiger partial charge in [-0.15, -0.1) is 0 Å². The number of rotatable bonds is 3. The van der Waals surface area contributed by atoms with Gasteiger partial charge in [0.2, 0.25) is 0 Å². The molecule has 0 saturated heterocycles. The Morgan fingerprint density at radius 1 is 1.11 bits per heavy atom. The van der Waals surface area contributed by atoms with Crippen LogP contribution in [0.15, 0.2) is 60.8 Å². The average Bonchev–Trinajstić information content (AvgIpc) is 2.49. The Morgan fingerprint density at radius 2 is 2.00 bits per heavy atom. The molecule has 3 rings (SSSR count). The van der Waals surface area contributed by atoms with Crippen LogP contribution in [0.25, 0.3) is 5.57 Å². The second kappa shape index (κ2) is 5.92. The summed E-state index contributed by atoms with van der Waals surface area (Å²) >= 11 is 0. The molecule has 1 aliphatic heterocycles. The van der Waals surface area contributed by atoms with E-state index in [2.05, 4.69) is 65.7 Å². The van der Waals surface area contributed by atoms with E-state index in [0.29, 0.717) is 0 Å². The molecule has 0 bridgehead atoms. The summed E-state index contributed by atoms with van der Waals surface area (Å²) in [4.78, 5) is 2.43. The predicted molar refractivity (Wildman–Crippen MR) is 81.6 cm³/mol. The second-order valence-corrected chi connectivity index (χ2v) is 5.47. The van der Waals surface area contributed by atoms with E-state index in [4.69, 9.17) is 0 Å². The van der Waals surface area contributed by atoms with Crippen molar-refractivity contribution in [2.45, 2.75) is 19.3 Å². The van der Waals surface area contributed by atoms with Gasteiger partial charge in [0.25, 0.3) is 0 Å². The van der Waals surface area contributed by atoms with Gasteiger partial charge >= 0.3 is 0 Å². The molecular formula is C18H21N. The first-order chi connectivity index (χ1) is 9.42. The van der Waals surface area contributed by atoms with Gasteiger partial charge in [0, 0.05) is 13.1 Å². The molecule has 1 heterocycles. The van der Waals surface area contributed by atoms with Crippen LogP contribution in [0.2, 0.25) is 0 Å². The summed E-state index contributed by atoms with van der Waals surface area (Å²) in [5.74, 6) is 0.788. The molecule has 1 atom stereocenters. The Balaban J connectivity index is 1.63. The molecule has 0 N–H and O–H groups in total. The number of nitrogens with zero attached hydrogens (tertiary/aromatic N) is 1. The Morgan fingerprint density at radius 3 is 2.79 bits per heavy atom. The molecule has 0 aromatic heterocycles. The molecule has 1 aromatic carbocycles. The lowest BCUT2D eigenvalue weighted by molar-refractivity contribution is 0.316. The van der Waals surface area contributed by atoms with Crippen LogP contribution in [0.3, 0.4) is 0 Å². The fraction of sp³-hybridized carbons (Fsp3) is 0.333. The van der Waals surface area contributed by atoms with Gasteiger partial charge in [0.1, 0.15) is 0 Å². The van der Waals surface area contributed by atoms with E-state index in [1.807, 2.05) is 0 Å². The highest BCUT2D eigenvalue weighted by molar-refractivity contribution is 5.66. The van der Waals surface area contributed by atoms with E-state index in [9.17, 15) is 0 Å². The van der Waals surface area contributed by atoms with Crippen molar-refractivity contribution in [2.24, 2.45) is 5.92 Å². The third-order valence-corrected chi connectivity index (χ3v) is 4.00. The van der Waals surface area contributed by atoms with Gasteiger partial charge in [0.05, 0.1) is 0 Å². The highest BCUT2D eigenvalue weighted by Gasteiger charge is 2.18. The molecule has 1 aliphatic carbocycles. The summed E-state index contributed by atoms with van der Waals surface area (Å²) in [6.07, 6.45) is 14.9. The van der Waals surface area contributed by atoms with E-state index >= 15 is 0 Å². The van der Waals surface area contributed by atoms with Gasteiger partial charge in [-0.2, -0.15) is 0 Å². The van der Waals surface area contributed by atoms with Crippen LogP contribution in [0, 0.1) is 5.92 Å². The standard InChI is InChI=1S/C18H21N/c1-3-9-17(10-4-1)18-11-7-8-16(14-18)15-19-12-5-2-6-13-19/h1-6,9-12,16H,7-8,13-15H2. The Kier molecular flexibility index (Phi) is 3.83. The number of hydrogen-bond acceptors (Lipinski definition) is 1. The Bertz CT molecular complexity index is 496. The molecule has 19 heavy (non-hydrogen) atoms. The minimum Gasteiger partial charge on any atom is -0.373 e. The predicted octanol–water partition coefficient (Wildman–Crippen LogP) is 4.26. The van der Waals surface area contributed by atoms with Gasteiger partial charge in [-0.05, 0) is 48.6 Å². The van der Waals surface area contributed by atoms with Gasteiger partial charge in [-0.3, -0.25) is 0 Å². The molecule has 0 radical (unpaired) electrons. The maximum absolute atomic E-state index is 2.43. The van der Waals surface area contributed by atoms with Crippen LogP contribution in [0.1, 0.15) is 24.8 Å². The first-order valence-electron chi connectivity index (χ1n) is 7.23. The summed E-state index contributed by atoms with van der Waals surface area (Å²) < 4.78 is 0. The zero-order chi connectivity index (χ0) is 12.9.